The molecule has 1 aromatic heterocycles. The van der Waals surface area contributed by atoms with Crippen molar-refractivity contribution in [3.63, 3.8) is 0 Å². The van der Waals surface area contributed by atoms with Crippen molar-refractivity contribution in [2.75, 3.05) is 7.05 Å². The van der Waals surface area contributed by atoms with E-state index in [1.54, 1.807) is 0 Å². The number of rotatable bonds is 3. The molecule has 0 bridgehead atoms. The van der Waals surface area contributed by atoms with Gasteiger partial charge >= 0.3 is 0 Å². The molecule has 0 saturated heterocycles. The summed E-state index contributed by atoms with van der Waals surface area (Å²) in [5.41, 5.74) is 1.81. The first-order valence-electron chi connectivity index (χ1n) is 6.05. The monoisotopic (exact) mass is 233 g/mol. The molecule has 1 aliphatic carbocycles. The Morgan fingerprint density at radius 3 is 2.88 bits per heavy atom. The Morgan fingerprint density at radius 1 is 1.47 bits per heavy atom. The van der Waals surface area contributed by atoms with E-state index in [0.29, 0.717) is 6.04 Å². The minimum absolute atomic E-state index is 0.186. The molecule has 1 unspecified atom stereocenters. The van der Waals surface area contributed by atoms with Gasteiger partial charge in [-0.05, 0) is 38.9 Å². The first-order chi connectivity index (χ1) is 8.20. The maximum atomic E-state index is 13.2. The lowest BCUT2D eigenvalue weighted by Gasteiger charge is -2.13. The highest BCUT2D eigenvalue weighted by atomic mass is 19.1. The number of hydrogen-bond acceptors (Lipinski definition) is 2. The van der Waals surface area contributed by atoms with Gasteiger partial charge in [-0.2, -0.15) is 0 Å². The van der Waals surface area contributed by atoms with Gasteiger partial charge in [0.25, 0.3) is 0 Å². The molecule has 1 N–H and O–H groups in total. The summed E-state index contributed by atoms with van der Waals surface area (Å²) in [4.78, 5) is 4.57. The minimum atomic E-state index is -0.221. The molecule has 1 saturated carbocycles. The summed E-state index contributed by atoms with van der Waals surface area (Å²) in [6, 6.07) is 5.60. The van der Waals surface area contributed by atoms with Gasteiger partial charge in [-0.15, -0.1) is 0 Å². The van der Waals surface area contributed by atoms with Gasteiger partial charge in [-0.1, -0.05) is 0 Å². The zero-order chi connectivity index (χ0) is 12.0. The topological polar surface area (TPSA) is 29.9 Å². The molecule has 90 valence electrons. The van der Waals surface area contributed by atoms with E-state index < -0.39 is 0 Å². The summed E-state index contributed by atoms with van der Waals surface area (Å²) < 4.78 is 15.5. The zero-order valence-corrected chi connectivity index (χ0v) is 10.1. The fourth-order valence-corrected chi connectivity index (χ4v) is 2.24. The van der Waals surface area contributed by atoms with Gasteiger partial charge in [0.05, 0.1) is 17.1 Å². The normalized spacial score (nSPS) is 17.6. The second-order valence-electron chi connectivity index (χ2n) is 4.71. The number of nitrogens with one attached hydrogen (secondary N) is 1. The highest BCUT2D eigenvalue weighted by molar-refractivity contribution is 5.76. The third-order valence-corrected chi connectivity index (χ3v) is 3.41. The van der Waals surface area contributed by atoms with Crippen molar-refractivity contribution >= 4 is 11.0 Å². The molecule has 1 atom stereocenters. The molecule has 0 amide bonds. The molecule has 3 rings (SSSR count). The lowest BCUT2D eigenvalue weighted by molar-refractivity contribution is 0.565. The molecule has 0 aliphatic heterocycles. The van der Waals surface area contributed by atoms with E-state index >= 15 is 0 Å². The van der Waals surface area contributed by atoms with Crippen LogP contribution in [-0.2, 0) is 0 Å². The number of hydrogen-bond donors (Lipinski definition) is 1. The van der Waals surface area contributed by atoms with Crippen molar-refractivity contribution in [2.24, 2.45) is 0 Å². The molecule has 3 nitrogen and oxygen atoms in total. The zero-order valence-electron chi connectivity index (χ0n) is 10.1. The predicted octanol–water partition coefficient (Wildman–Crippen LogP) is 2.79. The molecule has 0 radical (unpaired) electrons. The highest BCUT2D eigenvalue weighted by Gasteiger charge is 2.29. The van der Waals surface area contributed by atoms with Crippen molar-refractivity contribution in [3.8, 4) is 0 Å². The van der Waals surface area contributed by atoms with Crippen molar-refractivity contribution in [1.82, 2.24) is 14.9 Å². The Labute approximate surface area is 99.7 Å². The van der Waals surface area contributed by atoms with E-state index in [4.69, 9.17) is 0 Å². The molecular formula is C13H16FN3. The summed E-state index contributed by atoms with van der Waals surface area (Å²) in [6.07, 6.45) is 2.40. The van der Waals surface area contributed by atoms with E-state index in [9.17, 15) is 4.39 Å². The lowest BCUT2D eigenvalue weighted by Crippen LogP contribution is -2.17. The smallest absolute Gasteiger partial charge is 0.127 e. The first-order valence-corrected chi connectivity index (χ1v) is 6.05. The van der Waals surface area contributed by atoms with Crippen LogP contribution in [-0.4, -0.2) is 16.6 Å². The molecule has 1 aliphatic rings. The number of halogens is 1. The fourth-order valence-electron chi connectivity index (χ4n) is 2.24. The van der Waals surface area contributed by atoms with E-state index in [2.05, 4.69) is 21.8 Å². The number of nitrogens with zero attached hydrogens (tertiary/aromatic N) is 2. The Balaban J connectivity index is 2.22. The van der Waals surface area contributed by atoms with E-state index in [0.717, 1.165) is 16.9 Å². The molecule has 17 heavy (non-hydrogen) atoms. The predicted molar refractivity (Wildman–Crippen MR) is 65.4 cm³/mol. The third kappa shape index (κ3) is 1.72. The molecular weight excluding hydrogens is 217 g/mol. The van der Waals surface area contributed by atoms with Crippen LogP contribution in [0.2, 0.25) is 0 Å². The highest BCUT2D eigenvalue weighted by Crippen LogP contribution is 2.39. The van der Waals surface area contributed by atoms with Gasteiger partial charge in [0.2, 0.25) is 0 Å². The number of fused-ring (bicyclic) bond motifs is 1. The van der Waals surface area contributed by atoms with Crippen LogP contribution in [0.25, 0.3) is 11.0 Å². The van der Waals surface area contributed by atoms with Crippen LogP contribution >= 0.6 is 0 Å². The first kappa shape index (κ1) is 10.7. The Hall–Kier alpha value is -1.42. The average molecular weight is 233 g/mol. The molecule has 2 aromatic rings. The molecule has 1 heterocycles. The van der Waals surface area contributed by atoms with Gasteiger partial charge in [0.15, 0.2) is 0 Å². The van der Waals surface area contributed by atoms with Crippen molar-refractivity contribution < 1.29 is 4.39 Å². The standard InChI is InChI=1S/C13H16FN3/c1-8(15-2)13-16-11-7-9(14)3-6-12(11)17(13)10-4-5-10/h3,6-8,10,15H,4-5H2,1-2H3. The quantitative estimate of drug-likeness (QED) is 0.883. The maximum Gasteiger partial charge on any atom is 0.127 e. The Kier molecular flexibility index (Phi) is 2.40. The number of imidazole rings is 1. The number of benzene rings is 1. The van der Waals surface area contributed by atoms with Gasteiger partial charge in [-0.25, -0.2) is 9.37 Å². The van der Waals surface area contributed by atoms with Crippen molar-refractivity contribution in [1.29, 1.82) is 0 Å². The van der Waals surface area contributed by atoms with Crippen LogP contribution in [0.15, 0.2) is 18.2 Å². The third-order valence-electron chi connectivity index (χ3n) is 3.41. The number of aromatic nitrogens is 2. The SMILES string of the molecule is CNC(C)c1nc2cc(F)ccc2n1C1CC1. The summed E-state index contributed by atoms with van der Waals surface area (Å²) in [6.45, 7) is 2.08. The van der Waals surface area contributed by atoms with Crippen LogP contribution in [0.3, 0.4) is 0 Å². The Bertz CT molecular complexity index is 557. The van der Waals surface area contributed by atoms with E-state index in [-0.39, 0.29) is 11.9 Å². The van der Waals surface area contributed by atoms with E-state index in [1.165, 1.54) is 25.0 Å². The summed E-state index contributed by atoms with van der Waals surface area (Å²) in [5, 5.41) is 3.20. The maximum absolute atomic E-state index is 13.2. The van der Waals surface area contributed by atoms with Crippen LogP contribution < -0.4 is 5.32 Å². The molecule has 1 aromatic carbocycles. The Morgan fingerprint density at radius 2 is 2.24 bits per heavy atom. The van der Waals surface area contributed by atoms with Gasteiger partial charge < -0.3 is 9.88 Å². The molecule has 4 heteroatoms. The van der Waals surface area contributed by atoms with Crippen LogP contribution in [0.5, 0.6) is 0 Å². The van der Waals surface area contributed by atoms with Crippen LogP contribution in [0.4, 0.5) is 4.39 Å². The summed E-state index contributed by atoms with van der Waals surface area (Å²) >= 11 is 0. The van der Waals surface area contributed by atoms with Gasteiger partial charge in [0.1, 0.15) is 11.6 Å². The van der Waals surface area contributed by atoms with Gasteiger partial charge in [-0.3, -0.25) is 0 Å². The van der Waals surface area contributed by atoms with Crippen molar-refractivity contribution in [2.45, 2.75) is 31.8 Å². The molecule has 1 fully saturated rings. The van der Waals surface area contributed by atoms with Crippen LogP contribution in [0.1, 0.15) is 37.7 Å². The average Bonchev–Trinajstić information content (AvgIpc) is 3.09. The lowest BCUT2D eigenvalue weighted by atomic mass is 10.3. The fraction of sp³-hybridized carbons (Fsp3) is 0.462. The minimum Gasteiger partial charge on any atom is -0.324 e. The summed E-state index contributed by atoms with van der Waals surface area (Å²) in [7, 11) is 1.92. The van der Waals surface area contributed by atoms with E-state index in [1.807, 2.05) is 13.1 Å². The second-order valence-corrected chi connectivity index (χ2v) is 4.71. The van der Waals surface area contributed by atoms with Gasteiger partial charge in [0, 0.05) is 12.1 Å². The summed E-state index contributed by atoms with van der Waals surface area (Å²) in [5.74, 6) is 0.789. The van der Waals surface area contributed by atoms with Crippen LogP contribution in [0, 0.1) is 5.82 Å². The van der Waals surface area contributed by atoms with Crippen molar-refractivity contribution in [3.05, 3.63) is 29.8 Å². The molecule has 0 spiro atoms. The largest absolute Gasteiger partial charge is 0.324 e. The second kappa shape index (κ2) is 3.81.